The SMILES string of the molecule is CCOC(=O)n1ccc(=O)[nH]c1=O. The monoisotopic (exact) mass is 184 g/mol. The smallest absolute Gasteiger partial charge is 0.422 e. The number of carbonyl (C=O) groups excluding carboxylic acids is 1. The van der Waals surface area contributed by atoms with Gasteiger partial charge in [0.1, 0.15) is 0 Å². The number of H-pyrrole nitrogens is 1. The van der Waals surface area contributed by atoms with Crippen LogP contribution in [0.15, 0.2) is 21.9 Å². The molecule has 0 spiro atoms. The Kier molecular flexibility index (Phi) is 2.63. The Morgan fingerprint density at radius 2 is 2.31 bits per heavy atom. The Labute approximate surface area is 72.8 Å². The molecule has 13 heavy (non-hydrogen) atoms. The third-order valence-electron chi connectivity index (χ3n) is 1.29. The molecule has 1 N–H and O–H groups in total. The predicted octanol–water partition coefficient (Wildman–Crippen LogP) is -0.459. The maximum atomic E-state index is 11.0. The molecule has 1 rings (SSSR count). The molecule has 0 aliphatic rings. The van der Waals surface area contributed by atoms with Crippen molar-refractivity contribution in [2.24, 2.45) is 0 Å². The number of carbonyl (C=O) groups is 1. The van der Waals surface area contributed by atoms with Crippen molar-refractivity contribution in [3.05, 3.63) is 33.1 Å². The summed E-state index contributed by atoms with van der Waals surface area (Å²) in [6, 6.07) is 1.07. The second-order valence-corrected chi connectivity index (χ2v) is 2.18. The van der Waals surface area contributed by atoms with E-state index in [-0.39, 0.29) is 6.61 Å². The highest BCUT2D eigenvalue weighted by molar-refractivity contribution is 5.69. The highest BCUT2D eigenvalue weighted by Crippen LogP contribution is 1.82. The normalized spacial score (nSPS) is 9.62. The van der Waals surface area contributed by atoms with Crippen LogP contribution in [0.4, 0.5) is 4.79 Å². The van der Waals surface area contributed by atoms with Crippen LogP contribution in [0.1, 0.15) is 6.92 Å². The largest absolute Gasteiger partial charge is 0.449 e. The molecule has 0 aliphatic heterocycles. The van der Waals surface area contributed by atoms with Crippen LogP contribution in [0, 0.1) is 0 Å². The molecule has 0 saturated heterocycles. The number of aromatic nitrogens is 2. The van der Waals surface area contributed by atoms with Crippen molar-refractivity contribution in [2.45, 2.75) is 6.92 Å². The van der Waals surface area contributed by atoms with E-state index >= 15 is 0 Å². The fourth-order valence-electron chi connectivity index (χ4n) is 0.754. The van der Waals surface area contributed by atoms with E-state index in [9.17, 15) is 14.4 Å². The Bertz CT molecular complexity index is 417. The summed E-state index contributed by atoms with van der Waals surface area (Å²) in [5.74, 6) is 0. The van der Waals surface area contributed by atoms with E-state index in [2.05, 4.69) is 4.74 Å². The summed E-state index contributed by atoms with van der Waals surface area (Å²) >= 11 is 0. The number of nitrogens with zero attached hydrogens (tertiary/aromatic N) is 1. The van der Waals surface area contributed by atoms with E-state index in [1.165, 1.54) is 0 Å². The molecule has 0 saturated carbocycles. The summed E-state index contributed by atoms with van der Waals surface area (Å²) in [6.45, 7) is 1.79. The van der Waals surface area contributed by atoms with Crippen molar-refractivity contribution in [3.63, 3.8) is 0 Å². The van der Waals surface area contributed by atoms with Gasteiger partial charge in [-0.2, -0.15) is 0 Å². The zero-order valence-electron chi connectivity index (χ0n) is 6.94. The van der Waals surface area contributed by atoms with Crippen molar-refractivity contribution in [1.29, 1.82) is 0 Å². The molecular formula is C7H8N2O4. The van der Waals surface area contributed by atoms with E-state index in [4.69, 9.17) is 0 Å². The predicted molar refractivity (Wildman–Crippen MR) is 43.7 cm³/mol. The zero-order valence-corrected chi connectivity index (χ0v) is 6.94. The highest BCUT2D eigenvalue weighted by Gasteiger charge is 2.06. The van der Waals surface area contributed by atoms with Gasteiger partial charge in [0.15, 0.2) is 0 Å². The van der Waals surface area contributed by atoms with Gasteiger partial charge >= 0.3 is 11.8 Å². The molecule has 1 aromatic heterocycles. The van der Waals surface area contributed by atoms with Gasteiger partial charge in [-0.15, -0.1) is 0 Å². The van der Waals surface area contributed by atoms with E-state index in [0.29, 0.717) is 4.57 Å². The van der Waals surface area contributed by atoms with Crippen molar-refractivity contribution < 1.29 is 9.53 Å². The van der Waals surface area contributed by atoms with Gasteiger partial charge in [-0.05, 0) is 6.92 Å². The average Bonchev–Trinajstić information content (AvgIpc) is 2.04. The van der Waals surface area contributed by atoms with Gasteiger partial charge in [0.05, 0.1) is 6.61 Å². The van der Waals surface area contributed by atoms with Crippen LogP contribution in [-0.4, -0.2) is 22.3 Å². The van der Waals surface area contributed by atoms with Gasteiger partial charge in [0, 0.05) is 12.3 Å². The minimum atomic E-state index is -0.802. The van der Waals surface area contributed by atoms with Gasteiger partial charge in [0.25, 0.3) is 5.56 Å². The molecule has 70 valence electrons. The lowest BCUT2D eigenvalue weighted by atomic mass is 10.6. The summed E-state index contributed by atoms with van der Waals surface area (Å²) in [6.07, 6.45) is 0.267. The lowest BCUT2D eigenvalue weighted by molar-refractivity contribution is 0.152. The quantitative estimate of drug-likeness (QED) is 0.640. The molecule has 1 heterocycles. The highest BCUT2D eigenvalue weighted by atomic mass is 16.5. The van der Waals surface area contributed by atoms with Gasteiger partial charge < -0.3 is 4.74 Å². The van der Waals surface area contributed by atoms with Crippen LogP contribution in [0.3, 0.4) is 0 Å². The number of hydrogen-bond donors (Lipinski definition) is 1. The topological polar surface area (TPSA) is 81.2 Å². The molecule has 0 atom stereocenters. The van der Waals surface area contributed by atoms with Crippen molar-refractivity contribution in [1.82, 2.24) is 9.55 Å². The first-order valence-electron chi connectivity index (χ1n) is 3.64. The number of hydrogen-bond acceptors (Lipinski definition) is 4. The van der Waals surface area contributed by atoms with Crippen molar-refractivity contribution in [3.8, 4) is 0 Å². The van der Waals surface area contributed by atoms with E-state index in [1.807, 2.05) is 4.98 Å². The van der Waals surface area contributed by atoms with Crippen LogP contribution in [-0.2, 0) is 4.74 Å². The summed E-state index contributed by atoms with van der Waals surface area (Å²) in [4.78, 5) is 34.5. The number of rotatable bonds is 1. The fourth-order valence-corrected chi connectivity index (χ4v) is 0.754. The maximum Gasteiger partial charge on any atom is 0.422 e. The Hall–Kier alpha value is -1.85. The lowest BCUT2D eigenvalue weighted by Gasteiger charge is -2.01. The molecule has 6 heteroatoms. The summed E-state index contributed by atoms with van der Waals surface area (Å²) < 4.78 is 5.24. The van der Waals surface area contributed by atoms with Crippen molar-refractivity contribution >= 4 is 6.09 Å². The molecule has 0 aliphatic carbocycles. The molecule has 0 fully saturated rings. The minimum absolute atomic E-state index is 0.171. The molecule has 0 unspecified atom stereocenters. The van der Waals surface area contributed by atoms with E-state index in [1.54, 1.807) is 6.92 Å². The Balaban J connectivity index is 3.09. The van der Waals surface area contributed by atoms with E-state index in [0.717, 1.165) is 12.3 Å². The zero-order chi connectivity index (χ0) is 9.84. The van der Waals surface area contributed by atoms with Crippen LogP contribution in [0.2, 0.25) is 0 Å². The number of nitrogens with one attached hydrogen (secondary N) is 1. The lowest BCUT2D eigenvalue weighted by Crippen LogP contribution is -2.33. The third-order valence-corrected chi connectivity index (χ3v) is 1.29. The Morgan fingerprint density at radius 1 is 1.62 bits per heavy atom. The first-order chi connectivity index (χ1) is 6.15. The fraction of sp³-hybridized carbons (Fsp3) is 0.286. The first-order valence-corrected chi connectivity index (χ1v) is 3.64. The van der Waals surface area contributed by atoms with Gasteiger partial charge in [-0.3, -0.25) is 9.78 Å². The Morgan fingerprint density at radius 3 is 2.85 bits per heavy atom. The molecule has 6 nitrogen and oxygen atoms in total. The summed E-state index contributed by atoms with van der Waals surface area (Å²) in [5.41, 5.74) is -1.35. The summed E-state index contributed by atoms with van der Waals surface area (Å²) in [7, 11) is 0. The average molecular weight is 184 g/mol. The second kappa shape index (κ2) is 3.70. The maximum absolute atomic E-state index is 11.0. The van der Waals surface area contributed by atoms with Crippen LogP contribution < -0.4 is 11.2 Å². The third kappa shape index (κ3) is 2.05. The molecule has 0 amide bonds. The number of ether oxygens (including phenoxy) is 1. The first kappa shape index (κ1) is 9.24. The van der Waals surface area contributed by atoms with Crippen LogP contribution >= 0.6 is 0 Å². The van der Waals surface area contributed by atoms with E-state index < -0.39 is 17.3 Å². The van der Waals surface area contributed by atoms with Gasteiger partial charge in [-0.25, -0.2) is 14.2 Å². The van der Waals surface area contributed by atoms with Crippen LogP contribution in [0.25, 0.3) is 0 Å². The minimum Gasteiger partial charge on any atom is -0.449 e. The molecule has 0 aromatic carbocycles. The molecular weight excluding hydrogens is 176 g/mol. The molecule has 0 radical (unpaired) electrons. The summed E-state index contributed by atoms with van der Waals surface area (Å²) in [5, 5.41) is 0. The van der Waals surface area contributed by atoms with Crippen molar-refractivity contribution in [2.75, 3.05) is 6.61 Å². The molecule has 1 aromatic rings. The van der Waals surface area contributed by atoms with Gasteiger partial charge in [-0.1, -0.05) is 0 Å². The number of aromatic amines is 1. The van der Waals surface area contributed by atoms with Crippen LogP contribution in [0.5, 0.6) is 0 Å². The second-order valence-electron chi connectivity index (χ2n) is 2.18. The van der Waals surface area contributed by atoms with Gasteiger partial charge in [0.2, 0.25) is 0 Å². The molecule has 0 bridgehead atoms. The standard InChI is InChI=1S/C7H8N2O4/c1-2-13-7(12)9-4-3-5(10)8-6(9)11/h3-4H,2H2,1H3,(H,8,10,11).